The number of carbonyl (C=O) groups is 1. The van der Waals surface area contributed by atoms with Crippen molar-refractivity contribution < 1.29 is 4.79 Å². The second-order valence-corrected chi connectivity index (χ2v) is 11.7. The summed E-state index contributed by atoms with van der Waals surface area (Å²) in [4.78, 5) is 33.7. The lowest BCUT2D eigenvalue weighted by molar-refractivity contribution is -0.120. The zero-order valence-electron chi connectivity index (χ0n) is 21.6. The molecule has 0 spiro atoms. The number of nitrogens with zero attached hydrogens (tertiary/aromatic N) is 5. The molecule has 0 N–H and O–H groups in total. The second kappa shape index (κ2) is 10.1. The molecule has 5 aromatic rings. The number of thiocarbonyl (C=S) groups is 1. The molecule has 0 atom stereocenters. The van der Waals surface area contributed by atoms with Gasteiger partial charge in [0.2, 0.25) is 0 Å². The van der Waals surface area contributed by atoms with Crippen LogP contribution in [0.1, 0.15) is 19.7 Å². The first-order chi connectivity index (χ1) is 18.9. The predicted molar refractivity (Wildman–Crippen MR) is 164 cm³/mol. The Bertz CT molecular complexity index is 1930. The molecule has 0 aliphatic carbocycles. The fourth-order valence-electron chi connectivity index (χ4n) is 4.88. The summed E-state index contributed by atoms with van der Waals surface area (Å²) in [5, 5.41) is 0. The number of rotatable bonds is 5. The quantitative estimate of drug-likeness (QED) is 0.298. The Morgan fingerprint density at radius 2 is 1.67 bits per heavy atom. The highest BCUT2D eigenvalue weighted by atomic mass is 32.2. The van der Waals surface area contributed by atoms with Gasteiger partial charge in [-0.15, -0.1) is 11.3 Å². The lowest BCUT2D eigenvalue weighted by Gasteiger charge is -2.09. The monoisotopic (exact) mass is 571 g/mol. The van der Waals surface area contributed by atoms with E-state index in [4.69, 9.17) is 17.2 Å². The molecule has 6 rings (SSSR count). The van der Waals surface area contributed by atoms with Crippen LogP contribution in [0.5, 0.6) is 0 Å². The van der Waals surface area contributed by atoms with Crippen molar-refractivity contribution in [3.8, 4) is 16.9 Å². The number of aromatic nitrogens is 4. The fraction of sp³-hybridized carbons (Fsp3) is 0.172. The van der Waals surface area contributed by atoms with Gasteiger partial charge < -0.3 is 4.57 Å². The molecular weight excluding hydrogens is 547 g/mol. The van der Waals surface area contributed by atoms with Crippen molar-refractivity contribution in [3.63, 3.8) is 0 Å². The van der Waals surface area contributed by atoms with Crippen LogP contribution in [0, 0.1) is 0 Å². The topological polar surface area (TPSA) is 65.1 Å². The van der Waals surface area contributed by atoms with Crippen molar-refractivity contribution in [1.29, 1.82) is 0 Å². The molecular formula is C29H25N5O2S3. The van der Waals surface area contributed by atoms with Crippen molar-refractivity contribution in [1.82, 2.24) is 23.6 Å². The van der Waals surface area contributed by atoms with Crippen molar-refractivity contribution in [2.75, 3.05) is 6.54 Å². The molecule has 0 saturated carbocycles. The molecule has 1 fully saturated rings. The molecule has 7 nitrogen and oxygen atoms in total. The highest BCUT2D eigenvalue weighted by Crippen LogP contribution is 2.32. The van der Waals surface area contributed by atoms with Crippen molar-refractivity contribution in [2.45, 2.75) is 20.4 Å². The molecule has 1 aliphatic heterocycles. The van der Waals surface area contributed by atoms with E-state index in [9.17, 15) is 9.59 Å². The molecule has 2 aromatic carbocycles. The van der Waals surface area contributed by atoms with E-state index in [1.54, 1.807) is 9.47 Å². The van der Waals surface area contributed by atoms with Gasteiger partial charge in [0, 0.05) is 31.9 Å². The Morgan fingerprint density at radius 1 is 0.974 bits per heavy atom. The lowest BCUT2D eigenvalue weighted by atomic mass is 10.1. The minimum absolute atomic E-state index is 0.143. The highest BCUT2D eigenvalue weighted by molar-refractivity contribution is 8.30. The van der Waals surface area contributed by atoms with Gasteiger partial charge in [-0.2, -0.15) is 0 Å². The molecule has 0 radical (unpaired) electrons. The van der Waals surface area contributed by atoms with Gasteiger partial charge in [0.25, 0.3) is 11.5 Å². The van der Waals surface area contributed by atoms with Gasteiger partial charge in [-0.05, 0) is 37.6 Å². The Balaban J connectivity index is 1.61. The molecule has 0 unspecified atom stereocenters. The number of benzene rings is 2. The number of aryl methyl sites for hydroxylation is 1. The fourth-order valence-corrected chi connectivity index (χ4v) is 7.55. The summed E-state index contributed by atoms with van der Waals surface area (Å²) < 4.78 is 7.48. The van der Waals surface area contributed by atoms with E-state index in [0.717, 1.165) is 28.1 Å². The predicted octanol–water partition coefficient (Wildman–Crippen LogP) is 4.09. The standard InChI is InChI=1S/C29H25N5O2S3/c1-4-32-26(35)22(38-28(32)24-27(36)33(5-2)29(37)39-24)17-23-30-25-21(34(23)19-14-10-7-11-15-19)16-20(31(25)3)18-12-8-6-9-13-18/h6-17H,4-5H2,1-3H3/b22-17+,28-24+. The molecule has 10 heteroatoms. The van der Waals surface area contributed by atoms with Crippen LogP contribution in [0.25, 0.3) is 39.1 Å². The van der Waals surface area contributed by atoms with Gasteiger partial charge in [0.05, 0.1) is 15.7 Å². The molecule has 39 heavy (non-hydrogen) atoms. The number of hydrogen-bond donors (Lipinski definition) is 0. The number of amides is 1. The van der Waals surface area contributed by atoms with E-state index in [2.05, 4.69) is 27.3 Å². The number of thiazole rings is 1. The summed E-state index contributed by atoms with van der Waals surface area (Å²) >= 11 is 7.99. The molecule has 3 aromatic heterocycles. The third-order valence-electron chi connectivity index (χ3n) is 6.80. The average Bonchev–Trinajstić information content (AvgIpc) is 3.65. The SMILES string of the molecule is CCN1C(=O)/C(=c2\s/c(=C/c3nc4c(cc(-c5ccccc5)n4C)n3-c3ccccc3)c(=O)n2CC)SC1=S. The maximum absolute atomic E-state index is 13.5. The van der Waals surface area contributed by atoms with Crippen LogP contribution in [-0.2, 0) is 18.4 Å². The summed E-state index contributed by atoms with van der Waals surface area (Å²) in [6, 6.07) is 22.4. The third kappa shape index (κ3) is 4.19. The molecule has 1 amide bonds. The maximum Gasteiger partial charge on any atom is 0.269 e. The van der Waals surface area contributed by atoms with Crippen LogP contribution >= 0.6 is 35.3 Å². The van der Waals surface area contributed by atoms with Crippen molar-refractivity contribution >= 4 is 67.7 Å². The van der Waals surface area contributed by atoms with E-state index in [0.29, 0.717) is 37.3 Å². The molecule has 4 heterocycles. The van der Waals surface area contributed by atoms with E-state index in [1.807, 2.05) is 75.5 Å². The summed E-state index contributed by atoms with van der Waals surface area (Å²) in [6.07, 6.45) is 1.83. The first-order valence-electron chi connectivity index (χ1n) is 12.6. The Labute approximate surface area is 238 Å². The van der Waals surface area contributed by atoms with Gasteiger partial charge in [0.15, 0.2) is 5.65 Å². The number of carbonyl (C=O) groups excluding carboxylic acids is 1. The minimum Gasteiger partial charge on any atom is -0.327 e. The normalized spacial score (nSPS) is 15.8. The Kier molecular flexibility index (Phi) is 6.62. The van der Waals surface area contributed by atoms with E-state index in [1.165, 1.54) is 23.1 Å². The van der Waals surface area contributed by atoms with E-state index >= 15 is 0 Å². The van der Waals surface area contributed by atoms with Crippen LogP contribution in [0.3, 0.4) is 0 Å². The maximum atomic E-state index is 13.5. The summed E-state index contributed by atoms with van der Waals surface area (Å²) in [5.74, 6) is 0.503. The average molecular weight is 572 g/mol. The van der Waals surface area contributed by atoms with E-state index in [-0.39, 0.29) is 11.5 Å². The number of thioether (sulfide) groups is 1. The zero-order chi connectivity index (χ0) is 27.3. The third-order valence-corrected chi connectivity index (χ3v) is 9.50. The smallest absolute Gasteiger partial charge is 0.269 e. The van der Waals surface area contributed by atoms with Gasteiger partial charge >= 0.3 is 0 Å². The largest absolute Gasteiger partial charge is 0.327 e. The summed E-state index contributed by atoms with van der Waals surface area (Å²) in [6.45, 7) is 4.75. The molecule has 1 aliphatic rings. The summed E-state index contributed by atoms with van der Waals surface area (Å²) in [7, 11) is 2.01. The van der Waals surface area contributed by atoms with Gasteiger partial charge in [-0.3, -0.25) is 23.6 Å². The zero-order valence-corrected chi connectivity index (χ0v) is 24.1. The molecule has 196 valence electrons. The van der Waals surface area contributed by atoms with Gasteiger partial charge in [0.1, 0.15) is 19.7 Å². The van der Waals surface area contributed by atoms with Crippen LogP contribution in [0.4, 0.5) is 0 Å². The number of fused-ring (bicyclic) bond motifs is 1. The Hall–Kier alpha value is -3.73. The van der Waals surface area contributed by atoms with Crippen molar-refractivity contribution in [2.24, 2.45) is 7.05 Å². The Morgan fingerprint density at radius 3 is 2.31 bits per heavy atom. The van der Waals surface area contributed by atoms with Crippen molar-refractivity contribution in [3.05, 3.63) is 92.1 Å². The number of hydrogen-bond acceptors (Lipinski definition) is 6. The second-order valence-electron chi connectivity index (χ2n) is 9.02. The molecule has 1 saturated heterocycles. The number of imidazole rings is 1. The summed E-state index contributed by atoms with van der Waals surface area (Å²) in [5.41, 5.74) is 4.73. The lowest BCUT2D eigenvalue weighted by Crippen LogP contribution is -2.33. The van der Waals surface area contributed by atoms with Gasteiger partial charge in [-0.1, -0.05) is 72.5 Å². The first kappa shape index (κ1) is 25.5. The van der Waals surface area contributed by atoms with E-state index < -0.39 is 0 Å². The highest BCUT2D eigenvalue weighted by Gasteiger charge is 2.33. The van der Waals surface area contributed by atoms with Gasteiger partial charge in [-0.25, -0.2) is 4.98 Å². The van der Waals surface area contributed by atoms with Crippen LogP contribution in [0.2, 0.25) is 0 Å². The molecule has 0 bridgehead atoms. The first-order valence-corrected chi connectivity index (χ1v) is 14.6. The number of para-hydroxylation sites is 1. The van der Waals surface area contributed by atoms with Crippen LogP contribution in [-0.4, -0.2) is 40.4 Å². The minimum atomic E-state index is -0.146. The van der Waals surface area contributed by atoms with Crippen LogP contribution < -0.4 is 14.8 Å². The van der Waals surface area contributed by atoms with Crippen LogP contribution in [0.15, 0.2) is 71.5 Å².